The maximum absolute atomic E-state index is 13.9. The van der Waals surface area contributed by atoms with Crippen molar-refractivity contribution in [1.82, 2.24) is 0 Å². The van der Waals surface area contributed by atoms with Gasteiger partial charge in [0.1, 0.15) is 5.82 Å². The van der Waals surface area contributed by atoms with Crippen LogP contribution in [0, 0.1) is 5.82 Å². The Balaban J connectivity index is 2.11. The number of hydrogen-bond donors (Lipinski definition) is 1. The first kappa shape index (κ1) is 14.2. The van der Waals surface area contributed by atoms with Crippen LogP contribution in [-0.4, -0.2) is 11.7 Å². The summed E-state index contributed by atoms with van der Waals surface area (Å²) >= 11 is 9.27. The second kappa shape index (κ2) is 5.24. The molecule has 0 atom stereocenters. The highest BCUT2D eigenvalue weighted by Crippen LogP contribution is 2.32. The number of hydrogen-bond acceptors (Lipinski definition) is 2. The van der Waals surface area contributed by atoms with Crippen molar-refractivity contribution in [3.63, 3.8) is 0 Å². The van der Waals surface area contributed by atoms with Crippen LogP contribution in [0.4, 0.5) is 10.1 Å². The first-order valence-corrected chi connectivity index (χ1v) is 7.25. The van der Waals surface area contributed by atoms with E-state index in [0.717, 1.165) is 0 Å². The first-order chi connectivity index (χ1) is 9.97. The summed E-state index contributed by atoms with van der Waals surface area (Å²) in [5, 5.41) is 2.83. The molecule has 0 unspecified atom stereocenters. The Kier molecular flexibility index (Phi) is 3.55. The molecule has 1 aliphatic rings. The number of fused-ring (bicyclic) bond motifs is 1. The highest BCUT2D eigenvalue weighted by molar-refractivity contribution is 9.10. The van der Waals surface area contributed by atoms with Crippen molar-refractivity contribution in [2.45, 2.75) is 6.42 Å². The van der Waals surface area contributed by atoms with Crippen molar-refractivity contribution < 1.29 is 14.0 Å². The van der Waals surface area contributed by atoms with E-state index in [9.17, 15) is 14.0 Å². The largest absolute Gasteiger partial charge is 0.325 e. The van der Waals surface area contributed by atoms with Gasteiger partial charge in [0.05, 0.1) is 17.0 Å². The first-order valence-electron chi connectivity index (χ1n) is 6.08. The van der Waals surface area contributed by atoms with Gasteiger partial charge in [0, 0.05) is 15.7 Å². The molecule has 0 radical (unpaired) electrons. The van der Waals surface area contributed by atoms with E-state index in [1.165, 1.54) is 24.3 Å². The number of carbonyl (C=O) groups excluding carboxylic acids is 2. The number of benzene rings is 2. The summed E-state index contributed by atoms with van der Waals surface area (Å²) in [7, 11) is 0. The standard InChI is InChI=1S/C15H8BrClFNO2/c16-9-2-1-3-11(18)14(9)15(21)8-4-7-5-13(20)19-12(7)6-10(8)17/h1-4,6H,5H2,(H,19,20). The van der Waals surface area contributed by atoms with Crippen molar-refractivity contribution >= 4 is 44.9 Å². The van der Waals surface area contributed by atoms with Crippen molar-refractivity contribution in [1.29, 1.82) is 0 Å². The molecule has 21 heavy (non-hydrogen) atoms. The Bertz CT molecular complexity index is 771. The summed E-state index contributed by atoms with van der Waals surface area (Å²) in [6.07, 6.45) is 0.186. The third kappa shape index (κ3) is 2.47. The Morgan fingerprint density at radius 1 is 1.33 bits per heavy atom. The highest BCUT2D eigenvalue weighted by Gasteiger charge is 2.24. The fourth-order valence-electron chi connectivity index (χ4n) is 2.27. The van der Waals surface area contributed by atoms with E-state index >= 15 is 0 Å². The van der Waals surface area contributed by atoms with Gasteiger partial charge < -0.3 is 5.32 Å². The molecule has 3 rings (SSSR count). The minimum atomic E-state index is -0.625. The number of rotatable bonds is 2. The molecule has 1 N–H and O–H groups in total. The molecule has 106 valence electrons. The topological polar surface area (TPSA) is 46.2 Å². The monoisotopic (exact) mass is 367 g/mol. The molecular weight excluding hydrogens is 361 g/mol. The molecule has 0 saturated carbocycles. The van der Waals surface area contributed by atoms with Gasteiger partial charge in [-0.05, 0) is 45.8 Å². The minimum absolute atomic E-state index is 0.0726. The smallest absolute Gasteiger partial charge is 0.228 e. The Hall–Kier alpha value is -1.72. The molecule has 0 fully saturated rings. The second-order valence-corrected chi connectivity index (χ2v) is 5.90. The highest BCUT2D eigenvalue weighted by atomic mass is 79.9. The van der Waals surface area contributed by atoms with Crippen molar-refractivity contribution in [2.24, 2.45) is 0 Å². The number of ketones is 1. The van der Waals surface area contributed by atoms with Gasteiger partial charge in [-0.15, -0.1) is 0 Å². The van der Waals surface area contributed by atoms with Crippen LogP contribution in [0.3, 0.4) is 0 Å². The predicted octanol–water partition coefficient (Wildman–Crippen LogP) is 3.97. The van der Waals surface area contributed by atoms with Gasteiger partial charge in [0.25, 0.3) is 0 Å². The molecular formula is C15H8BrClFNO2. The third-order valence-electron chi connectivity index (χ3n) is 3.25. The molecule has 1 amide bonds. The molecule has 1 aliphatic heterocycles. The average molecular weight is 369 g/mol. The summed E-state index contributed by atoms with van der Waals surface area (Å²) in [6, 6.07) is 7.36. The lowest BCUT2D eigenvalue weighted by Gasteiger charge is -2.09. The van der Waals surface area contributed by atoms with Crippen LogP contribution in [0.2, 0.25) is 5.02 Å². The van der Waals surface area contributed by atoms with E-state index in [0.29, 0.717) is 15.7 Å². The molecule has 0 spiro atoms. The van der Waals surface area contributed by atoms with Crippen LogP contribution in [-0.2, 0) is 11.2 Å². The molecule has 0 bridgehead atoms. The number of nitrogens with one attached hydrogen (secondary N) is 1. The quantitative estimate of drug-likeness (QED) is 0.815. The van der Waals surface area contributed by atoms with E-state index in [4.69, 9.17) is 11.6 Å². The van der Waals surface area contributed by atoms with Gasteiger partial charge in [-0.2, -0.15) is 0 Å². The molecule has 1 heterocycles. The normalized spacial score (nSPS) is 13.0. The van der Waals surface area contributed by atoms with Gasteiger partial charge in [-0.1, -0.05) is 17.7 Å². The van der Waals surface area contributed by atoms with Crippen LogP contribution in [0.1, 0.15) is 21.5 Å². The molecule has 6 heteroatoms. The zero-order chi connectivity index (χ0) is 15.1. The lowest BCUT2D eigenvalue weighted by Crippen LogP contribution is -2.07. The third-order valence-corrected chi connectivity index (χ3v) is 4.23. The van der Waals surface area contributed by atoms with E-state index in [1.807, 2.05) is 0 Å². The Morgan fingerprint density at radius 2 is 2.10 bits per heavy atom. The summed E-state index contributed by atoms with van der Waals surface area (Å²) in [6.45, 7) is 0. The fourth-order valence-corrected chi connectivity index (χ4v) is 3.04. The van der Waals surface area contributed by atoms with Gasteiger partial charge in [-0.3, -0.25) is 9.59 Å². The molecule has 3 nitrogen and oxygen atoms in total. The second-order valence-electron chi connectivity index (χ2n) is 4.64. The van der Waals surface area contributed by atoms with Gasteiger partial charge >= 0.3 is 0 Å². The van der Waals surface area contributed by atoms with Crippen LogP contribution in [0.25, 0.3) is 0 Å². The van der Waals surface area contributed by atoms with Crippen LogP contribution < -0.4 is 5.32 Å². The number of halogens is 3. The van der Waals surface area contributed by atoms with E-state index in [2.05, 4.69) is 21.2 Å². The van der Waals surface area contributed by atoms with Crippen LogP contribution in [0.15, 0.2) is 34.8 Å². The minimum Gasteiger partial charge on any atom is -0.325 e. The van der Waals surface area contributed by atoms with E-state index < -0.39 is 11.6 Å². The van der Waals surface area contributed by atoms with Crippen molar-refractivity contribution in [3.8, 4) is 0 Å². The summed E-state index contributed by atoms with van der Waals surface area (Å²) < 4.78 is 14.3. The molecule has 0 aromatic heterocycles. The summed E-state index contributed by atoms with van der Waals surface area (Å²) in [5.74, 6) is -1.30. The molecule has 2 aromatic rings. The molecule has 0 aliphatic carbocycles. The van der Waals surface area contributed by atoms with Gasteiger partial charge in [0.15, 0.2) is 5.78 Å². The van der Waals surface area contributed by atoms with E-state index in [1.54, 1.807) is 6.07 Å². The van der Waals surface area contributed by atoms with Crippen molar-refractivity contribution in [2.75, 3.05) is 5.32 Å². The average Bonchev–Trinajstić information content (AvgIpc) is 2.76. The number of amides is 1. The Morgan fingerprint density at radius 3 is 2.81 bits per heavy atom. The zero-order valence-electron chi connectivity index (χ0n) is 10.5. The van der Waals surface area contributed by atoms with Crippen molar-refractivity contribution in [3.05, 3.63) is 62.3 Å². The van der Waals surface area contributed by atoms with Gasteiger partial charge in [-0.25, -0.2) is 4.39 Å². The van der Waals surface area contributed by atoms with Crippen LogP contribution in [0.5, 0.6) is 0 Å². The summed E-state index contributed by atoms with van der Waals surface area (Å²) in [5.41, 5.74) is 1.38. The molecule has 0 saturated heterocycles. The zero-order valence-corrected chi connectivity index (χ0v) is 12.9. The fraction of sp³-hybridized carbons (Fsp3) is 0.0667. The predicted molar refractivity (Wildman–Crippen MR) is 81.3 cm³/mol. The summed E-state index contributed by atoms with van der Waals surface area (Å²) in [4.78, 5) is 23.9. The Labute approximate surface area is 133 Å². The maximum Gasteiger partial charge on any atom is 0.228 e. The van der Waals surface area contributed by atoms with Crippen LogP contribution >= 0.6 is 27.5 Å². The SMILES string of the molecule is O=C1Cc2cc(C(=O)c3c(F)cccc3Br)c(Cl)cc2N1. The lowest BCUT2D eigenvalue weighted by molar-refractivity contribution is -0.115. The lowest BCUT2D eigenvalue weighted by atomic mass is 9.99. The number of anilines is 1. The molecule has 2 aromatic carbocycles. The van der Waals surface area contributed by atoms with E-state index in [-0.39, 0.29) is 28.5 Å². The maximum atomic E-state index is 13.9. The van der Waals surface area contributed by atoms with Gasteiger partial charge in [0.2, 0.25) is 5.91 Å². The number of carbonyl (C=O) groups is 2.